The van der Waals surface area contributed by atoms with E-state index in [1.165, 1.54) is 48.3 Å². The molecule has 0 aliphatic rings. The van der Waals surface area contributed by atoms with Gasteiger partial charge in [-0.25, -0.2) is 4.39 Å². The van der Waals surface area contributed by atoms with Crippen molar-refractivity contribution in [2.24, 2.45) is 0 Å². The van der Waals surface area contributed by atoms with Gasteiger partial charge in [0.05, 0.1) is 11.3 Å². The number of alkyl halides is 4. The summed E-state index contributed by atoms with van der Waals surface area (Å²) in [6.45, 7) is 0. The van der Waals surface area contributed by atoms with E-state index < -0.39 is 17.6 Å². The van der Waals surface area contributed by atoms with Crippen molar-refractivity contribution >= 4 is 23.0 Å². The van der Waals surface area contributed by atoms with E-state index in [1.807, 2.05) is 0 Å². The molecule has 0 aliphatic heterocycles. The van der Waals surface area contributed by atoms with Crippen molar-refractivity contribution in [1.29, 1.82) is 0 Å². The zero-order valence-corrected chi connectivity index (χ0v) is 11.8. The SMILES string of the molecule is CN(c1ccc(F)cc1)c1ccc(CCl)cc1C(F)(F)F. The molecule has 0 saturated heterocycles. The van der Waals surface area contributed by atoms with E-state index in [9.17, 15) is 17.6 Å². The summed E-state index contributed by atoms with van der Waals surface area (Å²) < 4.78 is 52.4. The number of nitrogens with zero attached hydrogens (tertiary/aromatic N) is 1. The van der Waals surface area contributed by atoms with Crippen molar-refractivity contribution in [1.82, 2.24) is 0 Å². The molecule has 2 aromatic rings. The van der Waals surface area contributed by atoms with E-state index >= 15 is 0 Å². The summed E-state index contributed by atoms with van der Waals surface area (Å²) in [4.78, 5) is 1.36. The van der Waals surface area contributed by atoms with Gasteiger partial charge in [0.1, 0.15) is 5.82 Å². The van der Waals surface area contributed by atoms with Crippen molar-refractivity contribution in [2.45, 2.75) is 12.1 Å². The number of halogens is 5. The summed E-state index contributed by atoms with van der Waals surface area (Å²) in [5.41, 5.74) is 0.0659. The third-order valence-corrected chi connectivity index (χ3v) is 3.40. The fourth-order valence-corrected chi connectivity index (χ4v) is 2.16. The summed E-state index contributed by atoms with van der Waals surface area (Å²) >= 11 is 5.59. The summed E-state index contributed by atoms with van der Waals surface area (Å²) in [7, 11) is 1.50. The first-order valence-corrected chi connectivity index (χ1v) is 6.62. The standard InChI is InChI=1S/C15H12ClF4N/c1-21(12-5-3-11(17)4-6-12)14-7-2-10(9-16)8-13(14)15(18,19)20/h2-8H,9H2,1H3. The van der Waals surface area contributed by atoms with E-state index in [0.29, 0.717) is 11.3 Å². The maximum absolute atomic E-state index is 13.2. The fourth-order valence-electron chi connectivity index (χ4n) is 1.99. The van der Waals surface area contributed by atoms with Crippen molar-refractivity contribution in [2.75, 3.05) is 11.9 Å². The van der Waals surface area contributed by atoms with Crippen molar-refractivity contribution in [3.05, 3.63) is 59.4 Å². The maximum atomic E-state index is 13.2. The van der Waals surface area contributed by atoms with Crippen LogP contribution in [0.5, 0.6) is 0 Å². The van der Waals surface area contributed by atoms with Gasteiger partial charge in [-0.2, -0.15) is 13.2 Å². The molecule has 2 aromatic carbocycles. The van der Waals surface area contributed by atoms with E-state index in [2.05, 4.69) is 0 Å². The molecule has 6 heteroatoms. The van der Waals surface area contributed by atoms with Gasteiger partial charge in [0.2, 0.25) is 0 Å². The van der Waals surface area contributed by atoms with E-state index in [-0.39, 0.29) is 11.6 Å². The van der Waals surface area contributed by atoms with Gasteiger partial charge >= 0.3 is 6.18 Å². The normalized spacial score (nSPS) is 11.5. The van der Waals surface area contributed by atoms with Crippen molar-refractivity contribution in [3.8, 4) is 0 Å². The average Bonchev–Trinajstić information content (AvgIpc) is 2.46. The molecule has 21 heavy (non-hydrogen) atoms. The second-order valence-corrected chi connectivity index (χ2v) is 4.79. The van der Waals surface area contributed by atoms with Crippen LogP contribution in [0.3, 0.4) is 0 Å². The van der Waals surface area contributed by atoms with Crippen molar-refractivity contribution in [3.63, 3.8) is 0 Å². The highest BCUT2D eigenvalue weighted by Gasteiger charge is 2.34. The molecule has 0 amide bonds. The zero-order chi connectivity index (χ0) is 15.6. The van der Waals surface area contributed by atoms with Gasteiger partial charge in [-0.05, 0) is 42.0 Å². The molecule has 0 spiro atoms. The first-order valence-electron chi connectivity index (χ1n) is 6.08. The number of hydrogen-bond donors (Lipinski definition) is 0. The molecule has 0 radical (unpaired) electrons. The molecule has 0 N–H and O–H groups in total. The minimum absolute atomic E-state index is 0.00359. The third kappa shape index (κ3) is 3.47. The van der Waals surface area contributed by atoms with Gasteiger partial charge < -0.3 is 4.90 Å². The number of hydrogen-bond acceptors (Lipinski definition) is 1. The minimum atomic E-state index is -4.49. The third-order valence-electron chi connectivity index (χ3n) is 3.10. The molecule has 0 heterocycles. The first kappa shape index (κ1) is 15.6. The monoisotopic (exact) mass is 317 g/mol. The lowest BCUT2D eigenvalue weighted by Crippen LogP contribution is -2.17. The van der Waals surface area contributed by atoms with Gasteiger partial charge in [0, 0.05) is 18.6 Å². The largest absolute Gasteiger partial charge is 0.418 e. The molecule has 0 bridgehead atoms. The Morgan fingerprint density at radius 2 is 1.67 bits per heavy atom. The van der Waals surface area contributed by atoms with Gasteiger partial charge in [-0.15, -0.1) is 11.6 Å². The molecule has 2 rings (SSSR count). The average molecular weight is 318 g/mol. The van der Waals surface area contributed by atoms with Gasteiger partial charge in [-0.3, -0.25) is 0 Å². The number of rotatable bonds is 3. The molecule has 0 saturated carbocycles. The van der Waals surface area contributed by atoms with Crippen LogP contribution in [0.1, 0.15) is 11.1 Å². The second kappa shape index (κ2) is 5.93. The van der Waals surface area contributed by atoms with Crippen molar-refractivity contribution < 1.29 is 17.6 Å². The van der Waals surface area contributed by atoms with Crippen LogP contribution >= 0.6 is 11.6 Å². The Morgan fingerprint density at radius 1 is 1.05 bits per heavy atom. The van der Waals surface area contributed by atoms with Gasteiger partial charge in [0.15, 0.2) is 0 Å². The predicted molar refractivity (Wildman–Crippen MR) is 75.5 cm³/mol. The molecule has 0 aromatic heterocycles. The lowest BCUT2D eigenvalue weighted by Gasteiger charge is -2.24. The van der Waals surface area contributed by atoms with Crippen LogP contribution in [0.25, 0.3) is 0 Å². The predicted octanol–water partition coefficient (Wildman–Crippen LogP) is 5.35. The van der Waals surface area contributed by atoms with E-state index in [1.54, 1.807) is 0 Å². The van der Waals surface area contributed by atoms with Crippen LogP contribution < -0.4 is 4.90 Å². The Balaban J connectivity index is 2.49. The van der Waals surface area contributed by atoms with E-state index in [4.69, 9.17) is 11.6 Å². The molecule has 112 valence electrons. The maximum Gasteiger partial charge on any atom is 0.418 e. The lowest BCUT2D eigenvalue weighted by molar-refractivity contribution is -0.137. The summed E-state index contributed by atoms with van der Waals surface area (Å²) in [6, 6.07) is 9.18. The fraction of sp³-hybridized carbons (Fsp3) is 0.200. The van der Waals surface area contributed by atoms with Crippen LogP contribution in [-0.2, 0) is 12.1 Å². The molecule has 1 nitrogen and oxygen atoms in total. The molecule has 0 fully saturated rings. The number of benzene rings is 2. The first-order chi connectivity index (χ1) is 9.82. The minimum Gasteiger partial charge on any atom is -0.344 e. The zero-order valence-electron chi connectivity index (χ0n) is 11.1. The topological polar surface area (TPSA) is 3.24 Å². The smallest absolute Gasteiger partial charge is 0.344 e. The molecular formula is C15H12ClF4N. The van der Waals surface area contributed by atoms with Crippen LogP contribution in [0, 0.1) is 5.82 Å². The molecule has 0 unspecified atom stereocenters. The molecule has 0 aliphatic carbocycles. The summed E-state index contributed by atoms with van der Waals surface area (Å²) in [5.74, 6) is -0.440. The Bertz CT molecular complexity index is 623. The molecule has 0 atom stereocenters. The Morgan fingerprint density at radius 3 is 2.19 bits per heavy atom. The lowest BCUT2D eigenvalue weighted by atomic mass is 10.1. The summed E-state index contributed by atoms with van der Waals surface area (Å²) in [5, 5.41) is 0. The van der Waals surface area contributed by atoms with Gasteiger partial charge in [0.25, 0.3) is 0 Å². The van der Waals surface area contributed by atoms with Crippen LogP contribution in [0.15, 0.2) is 42.5 Å². The van der Waals surface area contributed by atoms with Crippen LogP contribution in [-0.4, -0.2) is 7.05 Å². The quantitative estimate of drug-likeness (QED) is 0.545. The second-order valence-electron chi connectivity index (χ2n) is 4.52. The Hall–Kier alpha value is -1.75. The Labute approximate surface area is 124 Å². The highest BCUT2D eigenvalue weighted by atomic mass is 35.5. The highest BCUT2D eigenvalue weighted by molar-refractivity contribution is 6.17. The van der Waals surface area contributed by atoms with Gasteiger partial charge in [-0.1, -0.05) is 6.07 Å². The van der Waals surface area contributed by atoms with Crippen LogP contribution in [0.2, 0.25) is 0 Å². The highest BCUT2D eigenvalue weighted by Crippen LogP contribution is 2.39. The van der Waals surface area contributed by atoms with Crippen LogP contribution in [0.4, 0.5) is 28.9 Å². The summed E-state index contributed by atoms with van der Waals surface area (Å²) in [6.07, 6.45) is -4.49. The molecular weight excluding hydrogens is 306 g/mol. The van der Waals surface area contributed by atoms with E-state index in [0.717, 1.165) is 6.07 Å². The number of anilines is 2. The Kier molecular flexibility index (Phi) is 4.42.